The second-order valence-corrected chi connectivity index (χ2v) is 7.65. The van der Waals surface area contributed by atoms with Gasteiger partial charge in [0, 0.05) is 43.0 Å². The molecule has 0 aliphatic carbocycles. The third kappa shape index (κ3) is 3.84. The summed E-state index contributed by atoms with van der Waals surface area (Å²) in [5.41, 5.74) is 1.27. The summed E-state index contributed by atoms with van der Waals surface area (Å²) < 4.78 is 13.9. The van der Waals surface area contributed by atoms with Gasteiger partial charge in [0.05, 0.1) is 19.3 Å². The summed E-state index contributed by atoms with van der Waals surface area (Å²) >= 11 is 0. The summed E-state index contributed by atoms with van der Waals surface area (Å²) in [6.07, 6.45) is 0. The average molecular weight is 440 g/mol. The Morgan fingerprint density at radius 3 is 2.22 bits per heavy atom. The fraction of sp³-hybridized carbons (Fsp3) is 0.333. The predicted molar refractivity (Wildman–Crippen MR) is 121 cm³/mol. The monoisotopic (exact) mass is 440 g/mol. The van der Waals surface area contributed by atoms with Crippen molar-refractivity contribution < 1.29 is 19.7 Å². The molecular formula is C24H28N2O6. The molecular weight excluding hydrogens is 412 g/mol. The van der Waals surface area contributed by atoms with E-state index in [9.17, 15) is 19.8 Å². The smallest absolute Gasteiger partial charge is 0.258 e. The minimum Gasteiger partial charge on any atom is -0.507 e. The summed E-state index contributed by atoms with van der Waals surface area (Å²) in [5.74, 6) is -0.355. The van der Waals surface area contributed by atoms with Gasteiger partial charge in [-0.3, -0.25) is 9.59 Å². The van der Waals surface area contributed by atoms with Gasteiger partial charge in [-0.15, -0.1) is 0 Å². The number of aromatic nitrogens is 2. The molecule has 8 nitrogen and oxygen atoms in total. The van der Waals surface area contributed by atoms with E-state index < -0.39 is 11.5 Å². The zero-order chi connectivity index (χ0) is 23.7. The van der Waals surface area contributed by atoms with Crippen LogP contribution in [0.15, 0.2) is 39.9 Å². The molecule has 2 N–H and O–H groups in total. The van der Waals surface area contributed by atoms with Crippen molar-refractivity contribution in [2.75, 3.05) is 13.7 Å². The first-order valence-corrected chi connectivity index (χ1v) is 10.2. The van der Waals surface area contributed by atoms with E-state index >= 15 is 0 Å². The van der Waals surface area contributed by atoms with E-state index in [0.29, 0.717) is 40.6 Å². The van der Waals surface area contributed by atoms with Crippen molar-refractivity contribution in [1.82, 2.24) is 9.13 Å². The van der Waals surface area contributed by atoms with Crippen LogP contribution in [0.1, 0.15) is 40.9 Å². The maximum Gasteiger partial charge on any atom is 0.258 e. The molecule has 32 heavy (non-hydrogen) atoms. The Morgan fingerprint density at radius 2 is 1.59 bits per heavy atom. The highest BCUT2D eigenvalue weighted by Crippen LogP contribution is 2.42. The summed E-state index contributed by atoms with van der Waals surface area (Å²) in [6.45, 7) is 5.70. The molecule has 0 saturated carbocycles. The number of hydrogen-bond donors (Lipinski definition) is 2. The van der Waals surface area contributed by atoms with Crippen LogP contribution in [-0.2, 0) is 14.1 Å². The Balaban J connectivity index is 2.44. The highest BCUT2D eigenvalue weighted by atomic mass is 16.5. The topological polar surface area (TPSA) is 103 Å². The summed E-state index contributed by atoms with van der Waals surface area (Å²) in [7, 11) is 4.71. The van der Waals surface area contributed by atoms with E-state index in [-0.39, 0.29) is 22.6 Å². The van der Waals surface area contributed by atoms with Gasteiger partial charge in [0.15, 0.2) is 11.5 Å². The third-order valence-corrected chi connectivity index (χ3v) is 5.84. The number of hydrogen-bond acceptors (Lipinski definition) is 6. The molecule has 0 saturated heterocycles. The van der Waals surface area contributed by atoms with E-state index in [2.05, 4.69) is 0 Å². The zero-order valence-electron chi connectivity index (χ0n) is 19.1. The summed E-state index contributed by atoms with van der Waals surface area (Å²) in [6, 6.07) is 7.79. The average Bonchev–Trinajstić information content (AvgIpc) is 2.75. The fourth-order valence-corrected chi connectivity index (χ4v) is 3.89. The molecule has 1 atom stereocenters. The lowest BCUT2D eigenvalue weighted by molar-refractivity contribution is 0.310. The largest absolute Gasteiger partial charge is 0.507 e. The first kappa shape index (κ1) is 23.0. The second kappa shape index (κ2) is 8.82. The van der Waals surface area contributed by atoms with E-state index in [0.717, 1.165) is 6.07 Å². The van der Waals surface area contributed by atoms with Crippen LogP contribution in [0.25, 0.3) is 0 Å². The van der Waals surface area contributed by atoms with Crippen LogP contribution in [0.2, 0.25) is 0 Å². The van der Waals surface area contributed by atoms with Crippen LogP contribution in [0.3, 0.4) is 0 Å². The fourth-order valence-electron chi connectivity index (χ4n) is 3.89. The summed E-state index contributed by atoms with van der Waals surface area (Å²) in [4.78, 5) is 25.5. The molecule has 0 bridgehead atoms. The van der Waals surface area contributed by atoms with Crippen molar-refractivity contribution in [1.29, 1.82) is 0 Å². The molecule has 1 unspecified atom stereocenters. The van der Waals surface area contributed by atoms with Gasteiger partial charge in [-0.25, -0.2) is 0 Å². The van der Waals surface area contributed by atoms with Crippen LogP contribution in [0.4, 0.5) is 0 Å². The molecule has 2 heterocycles. The molecule has 170 valence electrons. The lowest BCUT2D eigenvalue weighted by Gasteiger charge is -2.24. The molecule has 3 aromatic rings. The van der Waals surface area contributed by atoms with Gasteiger partial charge in [0.1, 0.15) is 11.5 Å². The molecule has 0 aliphatic heterocycles. The van der Waals surface area contributed by atoms with Gasteiger partial charge < -0.3 is 28.8 Å². The first-order chi connectivity index (χ1) is 15.1. The van der Waals surface area contributed by atoms with Crippen molar-refractivity contribution >= 4 is 0 Å². The van der Waals surface area contributed by atoms with E-state index in [1.165, 1.54) is 22.3 Å². The van der Waals surface area contributed by atoms with Crippen LogP contribution in [0.5, 0.6) is 23.0 Å². The second-order valence-electron chi connectivity index (χ2n) is 7.65. The lowest BCUT2D eigenvalue weighted by atomic mass is 9.83. The number of nitrogens with zero attached hydrogens (tertiary/aromatic N) is 2. The number of aromatic hydroxyl groups is 2. The van der Waals surface area contributed by atoms with Crippen molar-refractivity contribution in [2.45, 2.75) is 26.7 Å². The Labute approximate surface area is 185 Å². The standard InChI is InChI=1S/C24H28N2O6/c1-7-32-18-9-8-15(11-19(18)31-6)22(21-14(3)26(5)20(29)12-17(21)28)23-16(27)10-13(2)25(4)24(23)30/h8-12,22,27-28H,7H2,1-6H3. The number of aryl methyl sites for hydroxylation is 1. The van der Waals surface area contributed by atoms with E-state index in [1.54, 1.807) is 46.1 Å². The quantitative estimate of drug-likeness (QED) is 0.611. The van der Waals surface area contributed by atoms with Gasteiger partial charge in [-0.05, 0) is 44.5 Å². The van der Waals surface area contributed by atoms with Crippen LogP contribution in [-0.4, -0.2) is 33.1 Å². The number of benzene rings is 1. The Morgan fingerprint density at radius 1 is 0.938 bits per heavy atom. The van der Waals surface area contributed by atoms with Crippen molar-refractivity contribution in [3.05, 3.63) is 79.1 Å². The molecule has 8 heteroatoms. The molecule has 2 aromatic heterocycles. The van der Waals surface area contributed by atoms with Crippen LogP contribution >= 0.6 is 0 Å². The minimum absolute atomic E-state index is 0.0846. The molecule has 0 fully saturated rings. The highest BCUT2D eigenvalue weighted by molar-refractivity contribution is 5.56. The number of ether oxygens (including phenoxy) is 2. The van der Waals surface area contributed by atoms with Crippen molar-refractivity contribution in [3.63, 3.8) is 0 Å². The van der Waals surface area contributed by atoms with E-state index in [4.69, 9.17) is 9.47 Å². The Kier molecular flexibility index (Phi) is 6.34. The predicted octanol–water partition coefficient (Wildman–Crippen LogP) is 2.70. The maximum absolute atomic E-state index is 13.3. The van der Waals surface area contributed by atoms with Crippen LogP contribution in [0, 0.1) is 13.8 Å². The summed E-state index contributed by atoms with van der Waals surface area (Å²) in [5, 5.41) is 21.6. The molecule has 3 rings (SSSR count). The Bertz CT molecular complexity index is 1290. The minimum atomic E-state index is -0.870. The maximum atomic E-state index is 13.3. The highest BCUT2D eigenvalue weighted by Gasteiger charge is 2.30. The molecule has 0 spiro atoms. The number of pyridine rings is 2. The Hall–Kier alpha value is -3.68. The van der Waals surface area contributed by atoms with Gasteiger partial charge in [0.2, 0.25) is 0 Å². The number of methoxy groups -OCH3 is 1. The van der Waals surface area contributed by atoms with Gasteiger partial charge in [0.25, 0.3) is 11.1 Å². The van der Waals surface area contributed by atoms with E-state index in [1.807, 2.05) is 6.92 Å². The van der Waals surface area contributed by atoms with Gasteiger partial charge in [-0.2, -0.15) is 0 Å². The molecule has 1 aromatic carbocycles. The molecule has 0 amide bonds. The van der Waals surface area contributed by atoms with Crippen molar-refractivity contribution in [3.8, 4) is 23.0 Å². The van der Waals surface area contributed by atoms with Gasteiger partial charge in [-0.1, -0.05) is 6.07 Å². The molecule has 0 radical (unpaired) electrons. The zero-order valence-corrected chi connectivity index (χ0v) is 19.1. The first-order valence-electron chi connectivity index (χ1n) is 10.2. The SMILES string of the molecule is CCOc1ccc(C(c2c(O)cc(=O)n(C)c2C)c2c(O)cc(C)n(C)c2=O)cc1OC. The number of rotatable bonds is 6. The van der Waals surface area contributed by atoms with Crippen molar-refractivity contribution in [2.24, 2.45) is 14.1 Å². The normalized spacial score (nSPS) is 11.9. The third-order valence-electron chi connectivity index (χ3n) is 5.84. The van der Waals surface area contributed by atoms with Gasteiger partial charge >= 0.3 is 0 Å². The van der Waals surface area contributed by atoms with Crippen LogP contribution < -0.4 is 20.6 Å². The molecule has 0 aliphatic rings. The lowest BCUT2D eigenvalue weighted by Crippen LogP contribution is -2.28.